The van der Waals surface area contributed by atoms with Crippen LogP contribution >= 0.6 is 0 Å². The van der Waals surface area contributed by atoms with E-state index in [-0.39, 0.29) is 0 Å². The Labute approximate surface area is 330 Å². The van der Waals surface area contributed by atoms with E-state index in [2.05, 4.69) is 55.2 Å². The summed E-state index contributed by atoms with van der Waals surface area (Å²) in [6, 6.07) is 17.0. The quantitative estimate of drug-likeness (QED) is 0.0390. The molecule has 0 aliphatic rings. The fourth-order valence-corrected chi connectivity index (χ4v) is 7.75. The lowest BCUT2D eigenvalue weighted by Crippen LogP contribution is -2.25. The van der Waals surface area contributed by atoms with Crippen molar-refractivity contribution in [3.8, 4) is 0 Å². The standard InChI is InChI=1S/C51H85NO/c1-3-5-7-9-11-13-15-17-19-21-23-25-27-29-31-33-45-52(46-34-32-30-28-26-24-22-20-18-16-14-12-10-8-6-4-2)51-43-41-49(42-44-51)36-35-48-37-39-50(47-53)40-38-48/h35-44,47H,3-34,45-46H2,1-2H3. The molecule has 0 saturated heterocycles. The van der Waals surface area contributed by atoms with Crippen LogP contribution < -0.4 is 4.90 Å². The third-order valence-corrected chi connectivity index (χ3v) is 11.4. The molecule has 0 aliphatic heterocycles. The predicted octanol–water partition coefficient (Wildman–Crippen LogP) is 17.0. The molecule has 0 radical (unpaired) electrons. The summed E-state index contributed by atoms with van der Waals surface area (Å²) >= 11 is 0. The summed E-state index contributed by atoms with van der Waals surface area (Å²) in [5, 5.41) is 0. The van der Waals surface area contributed by atoms with Gasteiger partial charge in [-0.1, -0.05) is 255 Å². The third kappa shape index (κ3) is 27.0. The zero-order valence-corrected chi connectivity index (χ0v) is 35.2. The molecule has 0 fully saturated rings. The molecule has 2 aromatic carbocycles. The lowest BCUT2D eigenvalue weighted by molar-refractivity contribution is 0.112. The molecular formula is C51H85NO. The SMILES string of the molecule is CCCCCCCCCCCCCCCCCCN(CCCCCCCCCCCCCCCCCC)c1ccc(C=Cc2ccc(C=O)cc2)cc1. The van der Waals surface area contributed by atoms with E-state index in [1.165, 1.54) is 230 Å². The Bertz CT molecular complexity index is 1050. The zero-order chi connectivity index (χ0) is 37.7. The highest BCUT2D eigenvalue weighted by Gasteiger charge is 2.07. The van der Waals surface area contributed by atoms with Gasteiger partial charge in [0.1, 0.15) is 6.29 Å². The summed E-state index contributed by atoms with van der Waals surface area (Å²) in [7, 11) is 0. The molecule has 0 aromatic heterocycles. The van der Waals surface area contributed by atoms with Gasteiger partial charge in [-0.15, -0.1) is 0 Å². The van der Waals surface area contributed by atoms with Gasteiger partial charge in [0.05, 0.1) is 0 Å². The number of aldehydes is 1. The van der Waals surface area contributed by atoms with E-state index >= 15 is 0 Å². The van der Waals surface area contributed by atoms with Gasteiger partial charge in [-0.05, 0) is 36.1 Å². The van der Waals surface area contributed by atoms with Gasteiger partial charge in [-0.3, -0.25) is 4.79 Å². The van der Waals surface area contributed by atoms with E-state index in [0.29, 0.717) is 0 Å². The summed E-state index contributed by atoms with van der Waals surface area (Å²) in [6.07, 6.45) is 50.7. The summed E-state index contributed by atoms with van der Waals surface area (Å²) in [5.41, 5.74) is 4.44. The van der Waals surface area contributed by atoms with Crippen LogP contribution in [0.25, 0.3) is 12.2 Å². The van der Waals surface area contributed by atoms with E-state index in [4.69, 9.17) is 0 Å². The van der Waals surface area contributed by atoms with Crippen LogP contribution in [0.1, 0.15) is 241 Å². The van der Waals surface area contributed by atoms with Crippen LogP contribution in [0.4, 0.5) is 5.69 Å². The van der Waals surface area contributed by atoms with Crippen molar-refractivity contribution in [2.75, 3.05) is 18.0 Å². The van der Waals surface area contributed by atoms with E-state index < -0.39 is 0 Å². The molecule has 300 valence electrons. The molecule has 53 heavy (non-hydrogen) atoms. The van der Waals surface area contributed by atoms with E-state index in [9.17, 15) is 4.79 Å². The number of rotatable bonds is 38. The highest BCUT2D eigenvalue weighted by Crippen LogP contribution is 2.21. The maximum Gasteiger partial charge on any atom is 0.150 e. The lowest BCUT2D eigenvalue weighted by Gasteiger charge is -2.25. The van der Waals surface area contributed by atoms with Gasteiger partial charge in [0.25, 0.3) is 0 Å². The molecule has 0 spiro atoms. The van der Waals surface area contributed by atoms with Crippen LogP contribution in [-0.4, -0.2) is 19.4 Å². The number of benzene rings is 2. The topological polar surface area (TPSA) is 20.3 Å². The molecule has 0 bridgehead atoms. The van der Waals surface area contributed by atoms with Crippen LogP contribution in [0.2, 0.25) is 0 Å². The van der Waals surface area contributed by atoms with Crippen LogP contribution in [0.5, 0.6) is 0 Å². The molecule has 0 amide bonds. The molecule has 0 atom stereocenters. The van der Waals surface area contributed by atoms with Crippen molar-refractivity contribution in [3.63, 3.8) is 0 Å². The number of nitrogens with zero attached hydrogens (tertiary/aromatic N) is 1. The van der Waals surface area contributed by atoms with Gasteiger partial charge < -0.3 is 4.90 Å². The first-order valence-corrected chi connectivity index (χ1v) is 23.3. The molecule has 2 aromatic rings. The molecule has 0 saturated carbocycles. The first-order valence-electron chi connectivity index (χ1n) is 23.3. The van der Waals surface area contributed by atoms with Gasteiger partial charge in [0.15, 0.2) is 0 Å². The van der Waals surface area contributed by atoms with Crippen molar-refractivity contribution < 1.29 is 4.79 Å². The van der Waals surface area contributed by atoms with Crippen molar-refractivity contribution in [1.82, 2.24) is 0 Å². The Hall–Kier alpha value is -2.35. The molecule has 0 aliphatic carbocycles. The minimum atomic E-state index is 0.722. The Kier molecular flexibility index (Phi) is 31.2. The van der Waals surface area contributed by atoms with Gasteiger partial charge in [-0.25, -0.2) is 0 Å². The Morgan fingerprint density at radius 1 is 0.340 bits per heavy atom. The molecule has 0 unspecified atom stereocenters. The molecule has 0 heterocycles. The predicted molar refractivity (Wildman–Crippen MR) is 239 cm³/mol. The fourth-order valence-electron chi connectivity index (χ4n) is 7.75. The number of unbranched alkanes of at least 4 members (excludes halogenated alkanes) is 30. The Morgan fingerprint density at radius 3 is 0.868 bits per heavy atom. The summed E-state index contributed by atoms with van der Waals surface area (Å²) in [6.45, 7) is 6.96. The average Bonchev–Trinajstić information content (AvgIpc) is 3.19. The van der Waals surface area contributed by atoms with Gasteiger partial charge >= 0.3 is 0 Å². The highest BCUT2D eigenvalue weighted by atomic mass is 16.1. The monoisotopic (exact) mass is 728 g/mol. The van der Waals surface area contributed by atoms with Crippen LogP contribution in [0, 0.1) is 0 Å². The third-order valence-electron chi connectivity index (χ3n) is 11.4. The van der Waals surface area contributed by atoms with Crippen LogP contribution in [-0.2, 0) is 0 Å². The average molecular weight is 728 g/mol. The Morgan fingerprint density at radius 2 is 0.585 bits per heavy atom. The minimum Gasteiger partial charge on any atom is -0.372 e. The molecule has 2 heteroatoms. The fraction of sp³-hybridized carbons (Fsp3) is 0.706. The normalized spacial score (nSPS) is 11.5. The smallest absolute Gasteiger partial charge is 0.150 e. The maximum atomic E-state index is 11.0. The minimum absolute atomic E-state index is 0.722. The number of carbonyl (C=O) groups is 1. The second-order valence-electron chi connectivity index (χ2n) is 16.3. The van der Waals surface area contributed by atoms with E-state index in [0.717, 1.165) is 17.4 Å². The molecule has 2 rings (SSSR count). The molecule has 2 nitrogen and oxygen atoms in total. The molecule has 0 N–H and O–H groups in total. The number of hydrogen-bond donors (Lipinski definition) is 0. The zero-order valence-electron chi connectivity index (χ0n) is 35.2. The van der Waals surface area contributed by atoms with Gasteiger partial charge in [-0.2, -0.15) is 0 Å². The first kappa shape index (κ1) is 46.8. The van der Waals surface area contributed by atoms with E-state index in [1.807, 2.05) is 24.3 Å². The Balaban J connectivity index is 1.63. The summed E-state index contributed by atoms with van der Waals surface area (Å²) in [5.74, 6) is 0. The number of hydrogen-bond acceptors (Lipinski definition) is 2. The van der Waals surface area contributed by atoms with Gasteiger partial charge in [0.2, 0.25) is 0 Å². The molecular weight excluding hydrogens is 643 g/mol. The lowest BCUT2D eigenvalue weighted by atomic mass is 10.0. The van der Waals surface area contributed by atoms with Crippen molar-refractivity contribution >= 4 is 24.1 Å². The van der Waals surface area contributed by atoms with Crippen LogP contribution in [0.15, 0.2) is 48.5 Å². The van der Waals surface area contributed by atoms with Crippen molar-refractivity contribution in [2.45, 2.75) is 219 Å². The summed E-state index contributed by atoms with van der Waals surface area (Å²) in [4.78, 5) is 13.6. The second-order valence-corrected chi connectivity index (χ2v) is 16.3. The number of carbonyl (C=O) groups excluding carboxylic acids is 1. The summed E-state index contributed by atoms with van der Waals surface area (Å²) < 4.78 is 0. The van der Waals surface area contributed by atoms with Crippen molar-refractivity contribution in [3.05, 3.63) is 65.2 Å². The highest BCUT2D eigenvalue weighted by molar-refractivity contribution is 5.76. The van der Waals surface area contributed by atoms with E-state index in [1.54, 1.807) is 0 Å². The van der Waals surface area contributed by atoms with Crippen molar-refractivity contribution in [2.24, 2.45) is 0 Å². The largest absolute Gasteiger partial charge is 0.372 e. The second kappa shape index (κ2) is 35.4. The van der Waals surface area contributed by atoms with Crippen LogP contribution in [0.3, 0.4) is 0 Å². The maximum absolute atomic E-state index is 11.0. The number of anilines is 1. The van der Waals surface area contributed by atoms with Gasteiger partial charge in [0, 0.05) is 24.3 Å². The van der Waals surface area contributed by atoms with Crippen molar-refractivity contribution in [1.29, 1.82) is 0 Å². The first-order chi connectivity index (χ1) is 26.3.